The van der Waals surface area contributed by atoms with E-state index in [0.29, 0.717) is 5.82 Å². The zero-order valence-electron chi connectivity index (χ0n) is 15.9. The van der Waals surface area contributed by atoms with Gasteiger partial charge in [-0.2, -0.15) is 5.10 Å². The van der Waals surface area contributed by atoms with Gasteiger partial charge in [-0.1, -0.05) is 13.0 Å². The van der Waals surface area contributed by atoms with Crippen LogP contribution in [0, 0.1) is 12.3 Å². The number of benzene rings is 1. The van der Waals surface area contributed by atoms with Crippen LogP contribution in [-0.4, -0.2) is 40.5 Å². The van der Waals surface area contributed by atoms with Crippen molar-refractivity contribution in [2.45, 2.75) is 39.7 Å². The molecule has 2 aromatic rings. The minimum Gasteiger partial charge on any atom is -0.454 e. The average Bonchev–Trinajstić information content (AvgIpc) is 3.20. The van der Waals surface area contributed by atoms with E-state index in [1.165, 1.54) is 5.56 Å². The molecule has 0 spiro atoms. The van der Waals surface area contributed by atoms with E-state index in [1.54, 1.807) is 10.7 Å². The van der Waals surface area contributed by atoms with Crippen molar-refractivity contribution in [3.63, 3.8) is 0 Å². The van der Waals surface area contributed by atoms with Gasteiger partial charge in [0.15, 0.2) is 11.5 Å². The van der Waals surface area contributed by atoms with Gasteiger partial charge in [0.1, 0.15) is 12.4 Å². The molecule has 1 aromatic carbocycles. The molecular formula is C20H26N4O3. The zero-order valence-corrected chi connectivity index (χ0v) is 15.9. The summed E-state index contributed by atoms with van der Waals surface area (Å²) in [7, 11) is 0. The summed E-state index contributed by atoms with van der Waals surface area (Å²) >= 11 is 0. The first-order valence-corrected chi connectivity index (χ1v) is 9.38. The van der Waals surface area contributed by atoms with Crippen molar-refractivity contribution in [3.8, 4) is 11.5 Å². The highest BCUT2D eigenvalue weighted by Crippen LogP contribution is 2.37. The summed E-state index contributed by atoms with van der Waals surface area (Å²) in [6.07, 6.45) is 2.99. The van der Waals surface area contributed by atoms with Crippen LogP contribution in [0.4, 0.5) is 5.82 Å². The highest BCUT2D eigenvalue weighted by Gasteiger charge is 2.34. The molecule has 0 radical (unpaired) electrons. The maximum Gasteiger partial charge on any atom is 0.244 e. The highest BCUT2D eigenvalue weighted by molar-refractivity contribution is 5.76. The molecule has 144 valence electrons. The topological polar surface area (TPSA) is 82.6 Å². The van der Waals surface area contributed by atoms with Crippen LogP contribution in [0.2, 0.25) is 0 Å². The largest absolute Gasteiger partial charge is 0.454 e. The molecule has 2 N–H and O–H groups in total. The molecule has 7 nitrogen and oxygen atoms in total. The maximum atomic E-state index is 12.8. The van der Waals surface area contributed by atoms with Gasteiger partial charge in [0, 0.05) is 19.2 Å². The molecule has 27 heavy (non-hydrogen) atoms. The first-order chi connectivity index (χ1) is 12.9. The first-order valence-electron chi connectivity index (χ1n) is 9.38. The number of nitrogen functional groups attached to an aromatic ring is 1. The maximum absolute atomic E-state index is 12.8. The number of carbonyl (C=O) groups excluding carboxylic acids is 1. The van der Waals surface area contributed by atoms with Crippen LogP contribution >= 0.6 is 0 Å². The molecule has 0 saturated carbocycles. The summed E-state index contributed by atoms with van der Waals surface area (Å²) in [6.45, 7) is 6.13. The van der Waals surface area contributed by atoms with E-state index in [4.69, 9.17) is 15.2 Å². The lowest BCUT2D eigenvalue weighted by atomic mass is 9.77. The second-order valence-electron chi connectivity index (χ2n) is 7.96. The lowest BCUT2D eigenvalue weighted by molar-refractivity contribution is -0.135. The lowest BCUT2D eigenvalue weighted by Gasteiger charge is -2.40. The molecule has 4 rings (SSSR count). The normalized spacial score (nSPS) is 21.5. The summed E-state index contributed by atoms with van der Waals surface area (Å²) in [5.41, 5.74) is 8.00. The van der Waals surface area contributed by atoms with Gasteiger partial charge >= 0.3 is 0 Å². The molecule has 1 unspecified atom stereocenters. The predicted octanol–water partition coefficient (Wildman–Crippen LogP) is 2.37. The minimum atomic E-state index is 0.0349. The van der Waals surface area contributed by atoms with E-state index in [1.807, 2.05) is 17.9 Å². The van der Waals surface area contributed by atoms with Crippen molar-refractivity contribution in [1.82, 2.24) is 14.7 Å². The van der Waals surface area contributed by atoms with Gasteiger partial charge < -0.3 is 20.1 Å². The van der Waals surface area contributed by atoms with Crippen molar-refractivity contribution in [2.75, 3.05) is 25.6 Å². The van der Waals surface area contributed by atoms with Crippen LogP contribution in [0.15, 0.2) is 24.3 Å². The molecule has 3 heterocycles. The standard InChI is InChI=1S/C20H26N4O3/c1-14-8-18(21)24(22-14)11-19(25)23-7-3-6-20(2,12-23)10-15-4-5-16-17(9-15)27-13-26-16/h4-5,8-9H,3,6-7,10-13,21H2,1-2H3. The molecule has 2 aliphatic rings. The number of aryl methyl sites for hydroxylation is 1. The third-order valence-corrected chi connectivity index (χ3v) is 5.42. The highest BCUT2D eigenvalue weighted by atomic mass is 16.7. The number of nitrogens with zero attached hydrogens (tertiary/aromatic N) is 3. The van der Waals surface area contributed by atoms with Gasteiger partial charge in [0.25, 0.3) is 0 Å². The second kappa shape index (κ2) is 6.79. The Morgan fingerprint density at radius 3 is 2.89 bits per heavy atom. The number of carbonyl (C=O) groups is 1. The fourth-order valence-corrected chi connectivity index (χ4v) is 4.14. The van der Waals surface area contributed by atoms with Gasteiger partial charge in [0.2, 0.25) is 12.7 Å². The fraction of sp³-hybridized carbons (Fsp3) is 0.500. The van der Waals surface area contributed by atoms with Crippen LogP contribution in [-0.2, 0) is 17.8 Å². The molecule has 2 aliphatic heterocycles. The number of hydrogen-bond donors (Lipinski definition) is 1. The van der Waals surface area contributed by atoms with Crippen LogP contribution in [0.5, 0.6) is 11.5 Å². The van der Waals surface area contributed by atoms with Crippen molar-refractivity contribution >= 4 is 11.7 Å². The molecule has 7 heteroatoms. The molecule has 0 bridgehead atoms. The number of piperidine rings is 1. The van der Waals surface area contributed by atoms with Gasteiger partial charge in [-0.05, 0) is 49.3 Å². The summed E-state index contributed by atoms with van der Waals surface area (Å²) in [4.78, 5) is 14.7. The SMILES string of the molecule is Cc1cc(N)n(CC(=O)N2CCCC(C)(Cc3ccc4c(c3)OCO4)C2)n1. The number of amides is 1. The molecular weight excluding hydrogens is 344 g/mol. The number of ether oxygens (including phenoxy) is 2. The number of nitrogens with two attached hydrogens (primary N) is 1. The van der Waals surface area contributed by atoms with E-state index in [-0.39, 0.29) is 24.7 Å². The van der Waals surface area contributed by atoms with Gasteiger partial charge in [-0.25, -0.2) is 4.68 Å². The Bertz CT molecular complexity index is 863. The third-order valence-electron chi connectivity index (χ3n) is 5.42. The van der Waals surface area contributed by atoms with Crippen molar-refractivity contribution in [3.05, 3.63) is 35.5 Å². The van der Waals surface area contributed by atoms with Gasteiger partial charge in [-0.3, -0.25) is 4.79 Å². The smallest absolute Gasteiger partial charge is 0.244 e. The van der Waals surface area contributed by atoms with Crippen LogP contribution < -0.4 is 15.2 Å². The van der Waals surface area contributed by atoms with Gasteiger partial charge in [0.05, 0.1) is 5.69 Å². The summed E-state index contributed by atoms with van der Waals surface area (Å²) < 4.78 is 12.5. The Hall–Kier alpha value is -2.70. The Labute approximate surface area is 159 Å². The summed E-state index contributed by atoms with van der Waals surface area (Å²) in [6, 6.07) is 7.90. The van der Waals surface area contributed by atoms with Crippen molar-refractivity contribution < 1.29 is 14.3 Å². The zero-order chi connectivity index (χ0) is 19.0. The van der Waals surface area contributed by atoms with Crippen molar-refractivity contribution in [2.24, 2.45) is 5.41 Å². The molecule has 1 aromatic heterocycles. The molecule has 1 fully saturated rings. The number of fused-ring (bicyclic) bond motifs is 1. The Balaban J connectivity index is 1.43. The monoisotopic (exact) mass is 370 g/mol. The summed E-state index contributed by atoms with van der Waals surface area (Å²) in [5, 5.41) is 4.30. The number of rotatable bonds is 4. The van der Waals surface area contributed by atoms with E-state index in [9.17, 15) is 4.79 Å². The molecule has 1 atom stereocenters. The average molecular weight is 370 g/mol. The Morgan fingerprint density at radius 1 is 1.30 bits per heavy atom. The Kier molecular flexibility index (Phi) is 4.45. The minimum absolute atomic E-state index is 0.0349. The van der Waals surface area contributed by atoms with E-state index < -0.39 is 0 Å². The number of anilines is 1. The van der Waals surface area contributed by atoms with Crippen molar-refractivity contribution in [1.29, 1.82) is 0 Å². The van der Waals surface area contributed by atoms with Crippen LogP contribution in [0.1, 0.15) is 31.0 Å². The van der Waals surface area contributed by atoms with E-state index >= 15 is 0 Å². The first kappa shape index (κ1) is 17.7. The van der Waals surface area contributed by atoms with Crippen LogP contribution in [0.3, 0.4) is 0 Å². The number of likely N-dealkylation sites (tertiary alicyclic amines) is 1. The number of aromatic nitrogens is 2. The number of hydrogen-bond acceptors (Lipinski definition) is 5. The molecule has 1 amide bonds. The van der Waals surface area contributed by atoms with Crippen LogP contribution in [0.25, 0.3) is 0 Å². The molecule has 1 saturated heterocycles. The lowest BCUT2D eigenvalue weighted by Crippen LogP contribution is -2.47. The third kappa shape index (κ3) is 3.72. The van der Waals surface area contributed by atoms with E-state index in [2.05, 4.69) is 24.2 Å². The second-order valence-corrected chi connectivity index (χ2v) is 7.96. The fourth-order valence-electron chi connectivity index (χ4n) is 4.14. The quantitative estimate of drug-likeness (QED) is 0.893. The van der Waals surface area contributed by atoms with Gasteiger partial charge in [-0.15, -0.1) is 0 Å². The summed E-state index contributed by atoms with van der Waals surface area (Å²) in [5.74, 6) is 2.21. The molecule has 0 aliphatic carbocycles. The van der Waals surface area contributed by atoms with E-state index in [0.717, 1.165) is 49.5 Å². The predicted molar refractivity (Wildman–Crippen MR) is 102 cm³/mol. The Morgan fingerprint density at radius 2 is 2.11 bits per heavy atom.